The summed E-state index contributed by atoms with van der Waals surface area (Å²) >= 11 is 0. The summed E-state index contributed by atoms with van der Waals surface area (Å²) in [7, 11) is 0. The van der Waals surface area contributed by atoms with E-state index >= 15 is 0 Å². The zero-order valence-corrected chi connectivity index (χ0v) is 43.7. The van der Waals surface area contributed by atoms with E-state index in [9.17, 15) is 20.1 Å². The molecule has 0 saturated heterocycles. The van der Waals surface area contributed by atoms with E-state index in [0.717, 1.165) is 25.7 Å². The Kier molecular flexibility index (Phi) is 53.9. The molecule has 0 saturated carbocycles. The van der Waals surface area contributed by atoms with E-state index in [0.29, 0.717) is 6.42 Å². The summed E-state index contributed by atoms with van der Waals surface area (Å²) in [5, 5.41) is 33.5. The van der Waals surface area contributed by atoms with Gasteiger partial charge in [-0.05, 0) is 19.3 Å². The topological polar surface area (TPSA) is 89.8 Å². The zero-order chi connectivity index (χ0) is 46.5. The lowest BCUT2D eigenvalue weighted by molar-refractivity contribution is -0.124. The van der Waals surface area contributed by atoms with Gasteiger partial charge in [-0.3, -0.25) is 4.79 Å². The highest BCUT2D eigenvalue weighted by molar-refractivity contribution is 5.76. The molecule has 5 heteroatoms. The van der Waals surface area contributed by atoms with Gasteiger partial charge in [0.15, 0.2) is 0 Å². The molecule has 0 fully saturated rings. The van der Waals surface area contributed by atoms with Gasteiger partial charge < -0.3 is 20.6 Å². The van der Waals surface area contributed by atoms with Crippen molar-refractivity contribution in [1.29, 1.82) is 0 Å². The molecule has 0 aromatic carbocycles. The third-order valence-corrected chi connectivity index (χ3v) is 14.1. The maximum atomic E-state index is 12.5. The first kappa shape index (κ1) is 63.1. The van der Waals surface area contributed by atoms with Crippen molar-refractivity contribution in [1.82, 2.24) is 5.32 Å². The molecule has 0 aliphatic rings. The van der Waals surface area contributed by atoms with Crippen LogP contribution in [0.1, 0.15) is 335 Å². The summed E-state index contributed by atoms with van der Waals surface area (Å²) in [6.45, 7) is 4.26. The summed E-state index contributed by atoms with van der Waals surface area (Å²) in [6, 6.07) is -0.741. The predicted molar refractivity (Wildman–Crippen MR) is 282 cm³/mol. The van der Waals surface area contributed by atoms with Gasteiger partial charge in [-0.25, -0.2) is 0 Å². The van der Waals surface area contributed by atoms with Gasteiger partial charge in [0.25, 0.3) is 0 Å². The third kappa shape index (κ3) is 50.5. The minimum atomic E-state index is -0.926. The molecule has 0 spiro atoms. The Balaban J connectivity index is 3.49. The van der Waals surface area contributed by atoms with Crippen molar-refractivity contribution < 1.29 is 20.1 Å². The van der Waals surface area contributed by atoms with Crippen LogP contribution in [-0.4, -0.2) is 46.1 Å². The lowest BCUT2D eigenvalue weighted by Gasteiger charge is -2.21. The second-order valence-corrected chi connectivity index (χ2v) is 20.6. The van der Waals surface area contributed by atoms with Gasteiger partial charge in [-0.15, -0.1) is 0 Å². The lowest BCUT2D eigenvalue weighted by Crippen LogP contribution is -2.45. The highest BCUT2D eigenvalue weighted by atomic mass is 16.3. The molecular formula is C59H117NO4. The highest BCUT2D eigenvalue weighted by Gasteiger charge is 2.20. The first-order chi connectivity index (χ1) is 31.5. The summed E-state index contributed by atoms with van der Waals surface area (Å²) in [4.78, 5) is 12.5. The first-order valence-corrected chi connectivity index (χ1v) is 29.5. The summed E-state index contributed by atoms with van der Waals surface area (Å²) < 4.78 is 0. The van der Waals surface area contributed by atoms with Gasteiger partial charge in [0.1, 0.15) is 0 Å². The maximum Gasteiger partial charge on any atom is 0.222 e. The minimum absolute atomic E-state index is 0.0196. The van der Waals surface area contributed by atoms with Crippen molar-refractivity contribution in [2.45, 2.75) is 353 Å². The molecule has 0 aliphatic carbocycles. The Morgan fingerprint density at radius 3 is 0.906 bits per heavy atom. The van der Waals surface area contributed by atoms with E-state index in [-0.39, 0.29) is 18.9 Å². The van der Waals surface area contributed by atoms with Crippen molar-refractivity contribution in [3.8, 4) is 0 Å². The minimum Gasteiger partial charge on any atom is -0.394 e. The second-order valence-electron chi connectivity index (χ2n) is 20.6. The molecule has 3 unspecified atom stereocenters. The van der Waals surface area contributed by atoms with Crippen molar-refractivity contribution in [2.24, 2.45) is 0 Å². The van der Waals surface area contributed by atoms with E-state index in [1.165, 1.54) is 283 Å². The number of hydrogen-bond donors (Lipinski definition) is 4. The van der Waals surface area contributed by atoms with Gasteiger partial charge in [0.05, 0.1) is 31.3 Å². The van der Waals surface area contributed by atoms with E-state index in [1.54, 1.807) is 6.08 Å². The molecule has 0 aromatic heterocycles. The van der Waals surface area contributed by atoms with E-state index in [2.05, 4.69) is 19.2 Å². The Morgan fingerprint density at radius 1 is 0.391 bits per heavy atom. The number of aliphatic hydroxyl groups is 3. The molecule has 382 valence electrons. The number of nitrogens with one attached hydrogen (secondary N) is 1. The molecule has 0 bridgehead atoms. The normalized spacial score (nSPS) is 13.3. The molecule has 0 aromatic rings. The van der Waals surface area contributed by atoms with Crippen LogP contribution in [-0.2, 0) is 4.79 Å². The van der Waals surface area contributed by atoms with E-state index in [1.807, 2.05) is 6.08 Å². The summed E-state index contributed by atoms with van der Waals surface area (Å²) in [5.74, 6) is -0.308. The highest BCUT2D eigenvalue weighted by Crippen LogP contribution is 2.18. The number of unbranched alkanes of at least 4 members (excludes halogenated alkanes) is 46. The van der Waals surface area contributed by atoms with Crippen LogP contribution in [0.5, 0.6) is 0 Å². The van der Waals surface area contributed by atoms with Gasteiger partial charge in [0.2, 0.25) is 5.91 Å². The Labute approximate surface area is 401 Å². The van der Waals surface area contributed by atoms with Crippen LogP contribution in [0.3, 0.4) is 0 Å². The van der Waals surface area contributed by atoms with E-state index in [4.69, 9.17) is 0 Å². The quantitative estimate of drug-likeness (QED) is 0.0362. The van der Waals surface area contributed by atoms with Crippen molar-refractivity contribution in [2.75, 3.05) is 6.61 Å². The average Bonchev–Trinajstić information content (AvgIpc) is 3.29. The average molecular weight is 905 g/mol. The molecular weight excluding hydrogens is 787 g/mol. The summed E-state index contributed by atoms with van der Waals surface area (Å²) in [5.41, 5.74) is 0. The fourth-order valence-electron chi connectivity index (χ4n) is 9.58. The van der Waals surface area contributed by atoms with Gasteiger partial charge in [0, 0.05) is 0 Å². The molecule has 0 aliphatic heterocycles. The Bertz CT molecular complexity index is 909. The molecule has 1 amide bonds. The second kappa shape index (κ2) is 54.7. The summed E-state index contributed by atoms with van der Waals surface area (Å²) in [6.07, 6.45) is 68.4. The number of carbonyl (C=O) groups excluding carboxylic acids is 1. The smallest absolute Gasteiger partial charge is 0.222 e. The van der Waals surface area contributed by atoms with Crippen LogP contribution in [0.4, 0.5) is 0 Å². The largest absolute Gasteiger partial charge is 0.394 e. The van der Waals surface area contributed by atoms with Crippen molar-refractivity contribution in [3.63, 3.8) is 0 Å². The van der Waals surface area contributed by atoms with Crippen molar-refractivity contribution in [3.05, 3.63) is 12.2 Å². The number of hydrogen-bond acceptors (Lipinski definition) is 4. The van der Waals surface area contributed by atoms with Gasteiger partial charge in [-0.1, -0.05) is 321 Å². The molecule has 0 heterocycles. The fourth-order valence-corrected chi connectivity index (χ4v) is 9.58. The molecule has 3 atom stereocenters. The molecule has 5 nitrogen and oxygen atoms in total. The van der Waals surface area contributed by atoms with Crippen LogP contribution in [0.25, 0.3) is 0 Å². The Hall–Kier alpha value is -0.910. The Morgan fingerprint density at radius 2 is 0.641 bits per heavy atom. The van der Waals surface area contributed by atoms with Crippen LogP contribution >= 0.6 is 0 Å². The number of aliphatic hydroxyl groups excluding tert-OH is 3. The van der Waals surface area contributed by atoms with Crippen LogP contribution < -0.4 is 5.32 Å². The standard InChI is InChI=1S/C59H117NO4/c1-3-5-7-9-11-13-15-17-19-21-23-24-25-26-27-28-29-30-31-32-33-35-36-38-40-42-44-46-48-50-52-56(62)54-59(64)60-57(55-61)58(63)53-51-49-47-45-43-41-39-37-34-22-20-18-16-14-12-10-8-6-4-2/h51,53,56-58,61-63H,3-50,52,54-55H2,1-2H3,(H,60,64)/b53-51+. The molecule has 4 N–H and O–H groups in total. The monoisotopic (exact) mass is 904 g/mol. The number of rotatable bonds is 55. The van der Waals surface area contributed by atoms with Crippen LogP contribution in [0.2, 0.25) is 0 Å². The van der Waals surface area contributed by atoms with E-state index < -0.39 is 18.2 Å². The SMILES string of the molecule is CCCCCCCCCCCCCCCCCCC/C=C/C(O)C(CO)NC(=O)CC(O)CCCCCCCCCCCCCCCCCCCCCCCCCCCCCCCC. The first-order valence-electron chi connectivity index (χ1n) is 29.5. The van der Waals surface area contributed by atoms with Gasteiger partial charge >= 0.3 is 0 Å². The maximum absolute atomic E-state index is 12.5. The fraction of sp³-hybridized carbons (Fsp3) is 0.949. The lowest BCUT2D eigenvalue weighted by atomic mass is 10.0. The van der Waals surface area contributed by atoms with Gasteiger partial charge in [-0.2, -0.15) is 0 Å². The molecule has 0 radical (unpaired) electrons. The number of allylic oxidation sites excluding steroid dienone is 1. The van der Waals surface area contributed by atoms with Crippen LogP contribution in [0.15, 0.2) is 12.2 Å². The van der Waals surface area contributed by atoms with Crippen molar-refractivity contribution >= 4 is 5.91 Å². The predicted octanol–water partition coefficient (Wildman–Crippen LogP) is 18.3. The zero-order valence-electron chi connectivity index (χ0n) is 43.7. The molecule has 64 heavy (non-hydrogen) atoms. The number of amides is 1. The number of carbonyl (C=O) groups is 1. The third-order valence-electron chi connectivity index (χ3n) is 14.1. The van der Waals surface area contributed by atoms with Crippen LogP contribution in [0, 0.1) is 0 Å². The molecule has 0 rings (SSSR count).